The van der Waals surface area contributed by atoms with Gasteiger partial charge < -0.3 is 9.47 Å². The summed E-state index contributed by atoms with van der Waals surface area (Å²) in [5, 5.41) is 1.94. The van der Waals surface area contributed by atoms with E-state index in [9.17, 15) is 9.59 Å². The number of fused-ring (bicyclic) bond motifs is 1. The lowest BCUT2D eigenvalue weighted by molar-refractivity contribution is -0.138. The smallest absolute Gasteiger partial charge is 0.338 e. The molecule has 1 aliphatic rings. The van der Waals surface area contributed by atoms with Gasteiger partial charge in [0.25, 0.3) is 5.56 Å². The average molecular weight is 909 g/mol. The van der Waals surface area contributed by atoms with Crippen LogP contribution in [0.15, 0.2) is 104 Å². The number of carbonyl (C=O) groups excluding carboxylic acids is 1. The number of hydrogen-bond acceptors (Lipinski definition) is 7. The zero-order valence-electron chi connectivity index (χ0n) is 23.1. The summed E-state index contributed by atoms with van der Waals surface area (Å²) >= 11 is 10.8. The molecule has 1 atom stereocenters. The van der Waals surface area contributed by atoms with Crippen LogP contribution in [0.4, 0.5) is 0 Å². The Balaban J connectivity index is 1.45. The van der Waals surface area contributed by atoms with Crippen LogP contribution in [0.2, 0.25) is 0 Å². The number of esters is 1. The summed E-state index contributed by atoms with van der Waals surface area (Å²) in [5.41, 5.74) is 3.41. The highest BCUT2D eigenvalue weighted by atomic mass is 127. The molecule has 3 heterocycles. The molecule has 0 unspecified atom stereocenters. The van der Waals surface area contributed by atoms with Gasteiger partial charge in [-0.2, -0.15) is 0 Å². The Morgan fingerprint density at radius 1 is 1.05 bits per heavy atom. The first-order valence-electron chi connectivity index (χ1n) is 13.5. The minimum atomic E-state index is -0.655. The van der Waals surface area contributed by atoms with E-state index in [1.807, 2.05) is 90.3 Å². The summed E-state index contributed by atoms with van der Waals surface area (Å²) in [5.74, 6) is 0.322. The van der Waals surface area contributed by atoms with E-state index in [1.165, 1.54) is 22.7 Å². The van der Waals surface area contributed by atoms with Crippen molar-refractivity contribution in [2.24, 2.45) is 4.99 Å². The van der Waals surface area contributed by atoms with Crippen molar-refractivity contribution in [2.45, 2.75) is 19.6 Å². The minimum Gasteiger partial charge on any atom is -0.487 e. The molecule has 0 bridgehead atoms. The molecule has 0 radical (unpaired) electrons. The van der Waals surface area contributed by atoms with Crippen LogP contribution in [0.5, 0.6) is 5.75 Å². The number of halogens is 3. The highest BCUT2D eigenvalue weighted by Gasteiger charge is 2.35. The number of carbonyl (C=O) groups is 1. The van der Waals surface area contributed by atoms with Crippen LogP contribution in [-0.2, 0) is 16.1 Å². The zero-order valence-corrected chi connectivity index (χ0v) is 30.7. The minimum absolute atomic E-state index is 0.207. The molecule has 0 N–H and O–H groups in total. The highest BCUT2D eigenvalue weighted by molar-refractivity contribution is 14.1. The lowest BCUT2D eigenvalue weighted by Gasteiger charge is -2.24. The number of hydrogen-bond donors (Lipinski definition) is 0. The van der Waals surface area contributed by atoms with E-state index in [-0.39, 0.29) is 12.2 Å². The summed E-state index contributed by atoms with van der Waals surface area (Å²) < 4.78 is 16.8. The Kier molecular flexibility index (Phi) is 9.86. The van der Waals surface area contributed by atoms with E-state index in [2.05, 4.69) is 61.1 Å². The largest absolute Gasteiger partial charge is 0.487 e. The second kappa shape index (κ2) is 13.8. The van der Waals surface area contributed by atoms with Gasteiger partial charge in [0.2, 0.25) is 0 Å². The van der Waals surface area contributed by atoms with E-state index >= 15 is 0 Å². The number of nitrogens with zero attached hydrogens (tertiary/aromatic N) is 2. The molecule has 5 aromatic rings. The lowest BCUT2D eigenvalue weighted by Crippen LogP contribution is -2.39. The van der Waals surface area contributed by atoms with Gasteiger partial charge in [0.1, 0.15) is 18.4 Å². The van der Waals surface area contributed by atoms with Crippen molar-refractivity contribution < 1.29 is 14.3 Å². The second-order valence-electron chi connectivity index (χ2n) is 9.68. The summed E-state index contributed by atoms with van der Waals surface area (Å²) in [6.45, 7) is 2.44. The van der Waals surface area contributed by atoms with Crippen LogP contribution in [0, 0.1) is 7.14 Å². The zero-order chi connectivity index (χ0) is 30.8. The third kappa shape index (κ3) is 6.52. The van der Waals surface area contributed by atoms with Crippen LogP contribution in [0.1, 0.15) is 34.5 Å². The van der Waals surface area contributed by atoms with E-state index in [4.69, 9.17) is 14.5 Å². The Hall–Kier alpha value is -2.59. The Morgan fingerprint density at radius 3 is 2.43 bits per heavy atom. The molecule has 0 aliphatic carbocycles. The Morgan fingerprint density at radius 2 is 1.77 bits per heavy atom. The maximum atomic E-state index is 14.1. The van der Waals surface area contributed by atoms with Gasteiger partial charge in [0, 0.05) is 14.9 Å². The first-order chi connectivity index (χ1) is 21.3. The van der Waals surface area contributed by atoms with Crippen molar-refractivity contribution in [1.29, 1.82) is 0 Å². The number of aromatic nitrogens is 1. The average Bonchev–Trinajstić information content (AvgIpc) is 3.66. The molecule has 222 valence electrons. The quantitative estimate of drug-likeness (QED) is 0.119. The Labute approximate surface area is 297 Å². The molecule has 2 aromatic heterocycles. The standard InChI is InChI=1S/C33H23BrI2N2O4S2/c1-2-41-32(40)27-28(21-7-4-3-5-8-21)37-33-38(29(27)25-9-6-14-43-25)31(39)26(44-33)17-20-15-23(35)30(24(36)16-20)42-18-19-10-12-22(34)13-11-19/h3-17,29H,2,18H2,1H3/b26-17-/t29-/m1/s1. The molecule has 44 heavy (non-hydrogen) atoms. The fourth-order valence-electron chi connectivity index (χ4n) is 4.84. The predicted octanol–water partition coefficient (Wildman–Crippen LogP) is 7.55. The molecular formula is C33H23BrI2N2O4S2. The fourth-order valence-corrected chi connectivity index (χ4v) is 9.06. The predicted molar refractivity (Wildman–Crippen MR) is 196 cm³/mol. The lowest BCUT2D eigenvalue weighted by atomic mass is 9.97. The van der Waals surface area contributed by atoms with Crippen molar-refractivity contribution >= 4 is 102 Å². The highest BCUT2D eigenvalue weighted by Crippen LogP contribution is 2.37. The van der Waals surface area contributed by atoms with Crippen molar-refractivity contribution in [1.82, 2.24) is 4.57 Å². The van der Waals surface area contributed by atoms with Crippen molar-refractivity contribution in [3.05, 3.63) is 143 Å². The van der Waals surface area contributed by atoms with Gasteiger partial charge in [0.15, 0.2) is 4.80 Å². The molecule has 0 saturated heterocycles. The van der Waals surface area contributed by atoms with Gasteiger partial charge >= 0.3 is 5.97 Å². The van der Waals surface area contributed by atoms with Gasteiger partial charge in [-0.05, 0) is 105 Å². The molecule has 6 nitrogen and oxygen atoms in total. The molecule has 1 aliphatic heterocycles. The normalized spacial score (nSPS) is 14.7. The number of ether oxygens (including phenoxy) is 2. The molecule has 0 fully saturated rings. The molecular weight excluding hydrogens is 886 g/mol. The molecule has 0 amide bonds. The van der Waals surface area contributed by atoms with Crippen LogP contribution in [0.3, 0.4) is 0 Å². The first-order valence-corrected chi connectivity index (χ1v) is 18.2. The summed E-state index contributed by atoms with van der Waals surface area (Å²) in [4.78, 5) is 33.9. The monoisotopic (exact) mass is 908 g/mol. The number of thiophene rings is 1. The van der Waals surface area contributed by atoms with E-state index in [0.717, 1.165) is 38.9 Å². The van der Waals surface area contributed by atoms with Crippen LogP contribution < -0.4 is 19.6 Å². The molecule has 0 spiro atoms. The SMILES string of the molecule is CCOC(=O)C1=C(c2ccccc2)N=c2s/c(=C\c3cc(I)c(OCc4ccc(Br)cc4)c(I)c3)c(=O)n2[C@@H]1c1cccs1. The molecule has 6 rings (SSSR count). The topological polar surface area (TPSA) is 69.9 Å². The molecule has 3 aromatic carbocycles. The number of benzene rings is 3. The summed E-state index contributed by atoms with van der Waals surface area (Å²) in [7, 11) is 0. The van der Waals surface area contributed by atoms with Crippen LogP contribution in [0.25, 0.3) is 11.8 Å². The third-order valence-electron chi connectivity index (χ3n) is 6.80. The number of thiazole rings is 1. The van der Waals surface area contributed by atoms with E-state index in [0.29, 0.717) is 27.2 Å². The van der Waals surface area contributed by atoms with Gasteiger partial charge in [-0.1, -0.05) is 75.8 Å². The van der Waals surface area contributed by atoms with Crippen LogP contribution >= 0.6 is 83.8 Å². The van der Waals surface area contributed by atoms with Crippen molar-refractivity contribution in [3.63, 3.8) is 0 Å². The maximum Gasteiger partial charge on any atom is 0.338 e. The van der Waals surface area contributed by atoms with Gasteiger partial charge in [-0.15, -0.1) is 11.3 Å². The fraction of sp³-hybridized carbons (Fsp3) is 0.121. The van der Waals surface area contributed by atoms with Gasteiger partial charge in [0.05, 0.1) is 29.5 Å². The van der Waals surface area contributed by atoms with Crippen molar-refractivity contribution in [2.75, 3.05) is 6.61 Å². The summed E-state index contributed by atoms with van der Waals surface area (Å²) in [6, 6.07) is 24.8. The summed E-state index contributed by atoms with van der Waals surface area (Å²) in [6.07, 6.45) is 1.88. The number of rotatable bonds is 8. The van der Waals surface area contributed by atoms with E-state index < -0.39 is 12.0 Å². The molecule has 0 saturated carbocycles. The first kappa shape index (κ1) is 31.4. The second-order valence-corrected chi connectivity index (χ2v) is 14.9. The van der Waals surface area contributed by atoms with Crippen LogP contribution in [-0.4, -0.2) is 17.1 Å². The third-order valence-corrected chi connectivity index (χ3v) is 10.8. The molecule has 11 heteroatoms. The Bertz CT molecular complexity index is 2030. The van der Waals surface area contributed by atoms with Gasteiger partial charge in [-0.25, -0.2) is 9.79 Å². The van der Waals surface area contributed by atoms with Crippen molar-refractivity contribution in [3.8, 4) is 5.75 Å². The maximum absolute atomic E-state index is 14.1. The van der Waals surface area contributed by atoms with Gasteiger partial charge in [-0.3, -0.25) is 9.36 Å². The van der Waals surface area contributed by atoms with E-state index in [1.54, 1.807) is 11.5 Å².